The molecule has 0 aliphatic carbocycles. The van der Waals surface area contributed by atoms with Crippen molar-refractivity contribution in [1.82, 2.24) is 19.7 Å². The molecule has 0 radical (unpaired) electrons. The van der Waals surface area contributed by atoms with Gasteiger partial charge in [0.25, 0.3) is 5.91 Å². The summed E-state index contributed by atoms with van der Waals surface area (Å²) < 4.78 is 1.79. The summed E-state index contributed by atoms with van der Waals surface area (Å²) >= 11 is 0. The summed E-state index contributed by atoms with van der Waals surface area (Å²) in [6.07, 6.45) is 3.44. The van der Waals surface area contributed by atoms with E-state index in [0.717, 1.165) is 24.6 Å². The van der Waals surface area contributed by atoms with E-state index in [9.17, 15) is 4.79 Å². The first-order chi connectivity index (χ1) is 14.0. The number of hydrogen-bond acceptors (Lipinski definition) is 4. The molecule has 0 unspecified atom stereocenters. The highest BCUT2D eigenvalue weighted by Gasteiger charge is 2.27. The van der Waals surface area contributed by atoms with Gasteiger partial charge in [-0.15, -0.1) is 0 Å². The topological polar surface area (TPSA) is 54.3 Å². The molecule has 3 heterocycles. The summed E-state index contributed by atoms with van der Waals surface area (Å²) in [4.78, 5) is 22.0. The molecule has 1 aromatic carbocycles. The largest absolute Gasteiger partial charge is 0.368 e. The zero-order valence-corrected chi connectivity index (χ0v) is 17.2. The summed E-state index contributed by atoms with van der Waals surface area (Å²) in [5.41, 5.74) is 4.07. The number of carbonyl (C=O) groups is 1. The fourth-order valence-corrected chi connectivity index (χ4v) is 3.90. The Morgan fingerprint density at radius 2 is 1.83 bits per heavy atom. The molecule has 29 heavy (non-hydrogen) atoms. The van der Waals surface area contributed by atoms with Crippen molar-refractivity contribution in [1.29, 1.82) is 0 Å². The average Bonchev–Trinajstić information content (AvgIpc) is 3.19. The number of anilines is 1. The summed E-state index contributed by atoms with van der Waals surface area (Å²) in [6.45, 7) is 9.36. The smallest absolute Gasteiger partial charge is 0.257 e. The molecule has 3 aromatic rings. The van der Waals surface area contributed by atoms with Crippen LogP contribution >= 0.6 is 0 Å². The Balaban J connectivity index is 1.53. The van der Waals surface area contributed by atoms with Gasteiger partial charge in [0.15, 0.2) is 5.82 Å². The molecular weight excluding hydrogens is 362 g/mol. The molecule has 0 spiro atoms. The zero-order valence-electron chi connectivity index (χ0n) is 17.2. The lowest BCUT2D eigenvalue weighted by atomic mass is 10.0. The van der Waals surface area contributed by atoms with E-state index in [1.807, 2.05) is 23.1 Å². The van der Waals surface area contributed by atoms with E-state index in [0.29, 0.717) is 18.7 Å². The van der Waals surface area contributed by atoms with Crippen molar-refractivity contribution in [2.75, 3.05) is 31.1 Å². The van der Waals surface area contributed by atoms with Gasteiger partial charge in [-0.25, -0.2) is 9.67 Å². The van der Waals surface area contributed by atoms with Crippen molar-refractivity contribution in [2.24, 2.45) is 0 Å². The van der Waals surface area contributed by atoms with Gasteiger partial charge in [-0.05, 0) is 42.7 Å². The minimum Gasteiger partial charge on any atom is -0.368 e. The third kappa shape index (κ3) is 3.88. The van der Waals surface area contributed by atoms with Crippen molar-refractivity contribution >= 4 is 11.6 Å². The van der Waals surface area contributed by atoms with Crippen molar-refractivity contribution in [2.45, 2.75) is 26.7 Å². The fourth-order valence-electron chi connectivity index (χ4n) is 3.90. The van der Waals surface area contributed by atoms with Crippen molar-refractivity contribution in [3.05, 3.63) is 71.7 Å². The second-order valence-corrected chi connectivity index (χ2v) is 7.82. The van der Waals surface area contributed by atoms with Gasteiger partial charge in [0, 0.05) is 38.1 Å². The number of aromatic nitrogens is 3. The average molecular weight is 390 g/mol. The van der Waals surface area contributed by atoms with Crippen molar-refractivity contribution < 1.29 is 4.79 Å². The molecule has 1 amide bonds. The van der Waals surface area contributed by atoms with E-state index in [2.05, 4.69) is 60.0 Å². The first-order valence-corrected chi connectivity index (χ1v) is 10.1. The molecule has 6 nitrogen and oxygen atoms in total. The number of piperazine rings is 1. The highest BCUT2D eigenvalue weighted by atomic mass is 16.2. The number of amides is 1. The van der Waals surface area contributed by atoms with Crippen LogP contribution in [0.3, 0.4) is 0 Å². The highest BCUT2D eigenvalue weighted by molar-refractivity contribution is 5.95. The van der Waals surface area contributed by atoms with Gasteiger partial charge in [0.05, 0.1) is 17.5 Å². The van der Waals surface area contributed by atoms with Crippen LogP contribution in [0.5, 0.6) is 0 Å². The molecule has 1 aliphatic rings. The number of pyridine rings is 1. The van der Waals surface area contributed by atoms with Gasteiger partial charge in [0.2, 0.25) is 0 Å². The normalized spacial score (nSPS) is 14.5. The third-order valence-corrected chi connectivity index (χ3v) is 5.38. The van der Waals surface area contributed by atoms with Crippen LogP contribution in [-0.4, -0.2) is 51.8 Å². The van der Waals surface area contributed by atoms with Crippen LogP contribution in [0.1, 0.15) is 41.4 Å². The molecule has 1 fully saturated rings. The van der Waals surface area contributed by atoms with Gasteiger partial charge < -0.3 is 9.80 Å². The molecule has 1 saturated heterocycles. The second-order valence-electron chi connectivity index (χ2n) is 7.82. The van der Waals surface area contributed by atoms with Crippen LogP contribution in [0.4, 0.5) is 5.69 Å². The molecule has 150 valence electrons. The van der Waals surface area contributed by atoms with Crippen LogP contribution in [0.25, 0.3) is 5.82 Å². The highest BCUT2D eigenvalue weighted by Crippen LogP contribution is 2.25. The van der Waals surface area contributed by atoms with Crippen molar-refractivity contribution in [3.8, 4) is 5.82 Å². The Morgan fingerprint density at radius 1 is 1.03 bits per heavy atom. The van der Waals surface area contributed by atoms with Gasteiger partial charge in [-0.1, -0.05) is 32.0 Å². The summed E-state index contributed by atoms with van der Waals surface area (Å²) in [7, 11) is 0. The minimum absolute atomic E-state index is 0.0553. The molecule has 6 heteroatoms. The predicted octanol–water partition coefficient (Wildman–Crippen LogP) is 3.66. The zero-order chi connectivity index (χ0) is 20.4. The Morgan fingerprint density at radius 3 is 2.48 bits per heavy atom. The summed E-state index contributed by atoms with van der Waals surface area (Å²) in [5.74, 6) is 0.950. The van der Waals surface area contributed by atoms with E-state index < -0.39 is 0 Å². The number of nitrogens with zero attached hydrogens (tertiary/aromatic N) is 5. The number of aryl methyl sites for hydroxylation is 1. The Labute approximate surface area is 171 Å². The van der Waals surface area contributed by atoms with E-state index in [1.54, 1.807) is 17.1 Å². The van der Waals surface area contributed by atoms with Gasteiger partial charge in [0.1, 0.15) is 0 Å². The maximum atomic E-state index is 13.3. The number of benzene rings is 1. The monoisotopic (exact) mass is 389 g/mol. The lowest BCUT2D eigenvalue weighted by Crippen LogP contribution is -2.49. The molecule has 0 atom stereocenters. The molecular formula is C23H27N5O. The first kappa shape index (κ1) is 19.2. The maximum Gasteiger partial charge on any atom is 0.257 e. The lowest BCUT2D eigenvalue weighted by Gasteiger charge is -2.36. The SMILES string of the molecule is Cc1cccc(N2CCN(C(=O)c3cnn(-c4ccccn4)c3C(C)C)CC2)c1. The van der Waals surface area contributed by atoms with Gasteiger partial charge in [-0.2, -0.15) is 5.10 Å². The van der Waals surface area contributed by atoms with E-state index in [4.69, 9.17) is 0 Å². The van der Waals surface area contributed by atoms with Crippen LogP contribution < -0.4 is 4.90 Å². The standard InChI is InChI=1S/C23H27N5O/c1-17(2)22-20(16-25-28(22)21-9-4-5-10-24-21)23(29)27-13-11-26(12-14-27)19-8-6-7-18(3)15-19/h4-10,15-17H,11-14H2,1-3H3. The summed E-state index contributed by atoms with van der Waals surface area (Å²) in [5, 5.41) is 4.49. The van der Waals surface area contributed by atoms with Crippen LogP contribution in [0.15, 0.2) is 54.9 Å². The van der Waals surface area contributed by atoms with Gasteiger partial charge in [-0.3, -0.25) is 4.79 Å². The molecule has 0 N–H and O–H groups in total. The molecule has 4 rings (SSSR count). The lowest BCUT2D eigenvalue weighted by molar-refractivity contribution is 0.0745. The number of rotatable bonds is 4. The number of hydrogen-bond donors (Lipinski definition) is 0. The fraction of sp³-hybridized carbons (Fsp3) is 0.348. The van der Waals surface area contributed by atoms with Crippen LogP contribution in [0, 0.1) is 6.92 Å². The summed E-state index contributed by atoms with van der Waals surface area (Å²) in [6, 6.07) is 14.2. The molecule has 1 aliphatic heterocycles. The Kier molecular flexibility index (Phi) is 5.34. The maximum absolute atomic E-state index is 13.3. The minimum atomic E-state index is 0.0553. The Bertz CT molecular complexity index is 988. The molecule has 2 aromatic heterocycles. The van der Waals surface area contributed by atoms with E-state index in [1.165, 1.54) is 11.3 Å². The van der Waals surface area contributed by atoms with E-state index in [-0.39, 0.29) is 11.8 Å². The predicted molar refractivity (Wildman–Crippen MR) is 115 cm³/mol. The Hall–Kier alpha value is -3.15. The second kappa shape index (κ2) is 8.07. The quantitative estimate of drug-likeness (QED) is 0.683. The van der Waals surface area contributed by atoms with Crippen molar-refractivity contribution in [3.63, 3.8) is 0 Å². The molecule has 0 saturated carbocycles. The van der Waals surface area contributed by atoms with Gasteiger partial charge >= 0.3 is 0 Å². The molecule has 0 bridgehead atoms. The third-order valence-electron chi connectivity index (χ3n) is 5.38. The van der Waals surface area contributed by atoms with Crippen LogP contribution in [-0.2, 0) is 0 Å². The van der Waals surface area contributed by atoms with E-state index >= 15 is 0 Å². The van der Waals surface area contributed by atoms with Crippen LogP contribution in [0.2, 0.25) is 0 Å². The first-order valence-electron chi connectivity index (χ1n) is 10.1. The number of carbonyl (C=O) groups excluding carboxylic acids is 1.